The summed E-state index contributed by atoms with van der Waals surface area (Å²) >= 11 is -2.21. The molecule has 0 aromatic carbocycles. The molecule has 0 aromatic heterocycles. The molecule has 2 aliphatic heterocycles. The Labute approximate surface area is 173 Å². The summed E-state index contributed by atoms with van der Waals surface area (Å²) in [6, 6.07) is 0. The molecule has 0 aliphatic carbocycles. The van der Waals surface area contributed by atoms with E-state index in [4.69, 9.17) is 14.2 Å². The fourth-order valence-electron chi connectivity index (χ4n) is 4.62. The van der Waals surface area contributed by atoms with E-state index in [2.05, 4.69) is 41.5 Å². The van der Waals surface area contributed by atoms with Crippen LogP contribution in [-0.4, -0.2) is 47.6 Å². The first-order valence-corrected chi connectivity index (χ1v) is 19.4. The molecular formula is C23H46O3Sn. The normalized spacial score (nSPS) is 26.9. The molecule has 2 fully saturated rings. The Balaban J connectivity index is 1.92. The molecule has 2 rings (SSSR count). The van der Waals surface area contributed by atoms with Crippen LogP contribution in [0.15, 0.2) is 0 Å². The summed E-state index contributed by atoms with van der Waals surface area (Å²) in [5.74, 6) is -0.402. The van der Waals surface area contributed by atoms with E-state index in [9.17, 15) is 0 Å². The number of hydrogen-bond acceptors (Lipinski definition) is 3. The standard InChI is InChI=1S/C11H19O3.3C4H9.Sn/c1-10(2)7-13-11(3,14-8-10)5-4-9-6-12-9;3*1-3-4-2;/h6,9H,4-5,7-8H2,1-3H3;3*1,3-4H2,2H3;/t9-;;;;/m1..../s1. The van der Waals surface area contributed by atoms with Gasteiger partial charge in [0.05, 0.1) is 0 Å². The average molecular weight is 489 g/mol. The van der Waals surface area contributed by atoms with Gasteiger partial charge in [0, 0.05) is 0 Å². The Bertz CT molecular complexity index is 406. The van der Waals surface area contributed by atoms with Crippen molar-refractivity contribution in [2.45, 2.75) is 122 Å². The molecule has 0 amide bonds. The molecule has 0 unspecified atom stereocenters. The molecule has 0 aromatic rings. The van der Waals surface area contributed by atoms with Gasteiger partial charge in [-0.1, -0.05) is 0 Å². The summed E-state index contributed by atoms with van der Waals surface area (Å²) in [7, 11) is 0. The van der Waals surface area contributed by atoms with E-state index in [1.807, 2.05) is 0 Å². The van der Waals surface area contributed by atoms with Crippen molar-refractivity contribution in [2.75, 3.05) is 13.2 Å². The van der Waals surface area contributed by atoms with E-state index in [1.165, 1.54) is 38.5 Å². The first kappa shape index (κ1) is 24.0. The maximum absolute atomic E-state index is 6.43. The number of ether oxygens (including phenoxy) is 3. The van der Waals surface area contributed by atoms with Crippen molar-refractivity contribution in [3.8, 4) is 0 Å². The number of hydrogen-bond donors (Lipinski definition) is 0. The first-order chi connectivity index (χ1) is 12.8. The third-order valence-electron chi connectivity index (χ3n) is 6.69. The quantitative estimate of drug-likeness (QED) is 0.213. The van der Waals surface area contributed by atoms with E-state index >= 15 is 0 Å². The van der Waals surface area contributed by atoms with Gasteiger partial charge in [0.1, 0.15) is 0 Å². The molecule has 0 spiro atoms. The van der Waals surface area contributed by atoms with Crippen molar-refractivity contribution in [3.63, 3.8) is 0 Å². The van der Waals surface area contributed by atoms with E-state index in [-0.39, 0.29) is 5.41 Å². The van der Waals surface area contributed by atoms with Gasteiger partial charge in [-0.2, -0.15) is 0 Å². The van der Waals surface area contributed by atoms with E-state index in [0.717, 1.165) is 26.1 Å². The van der Waals surface area contributed by atoms with Crippen LogP contribution in [0.25, 0.3) is 0 Å². The molecule has 2 heterocycles. The maximum atomic E-state index is 6.43. The van der Waals surface area contributed by atoms with E-state index in [0.29, 0.717) is 10.2 Å². The van der Waals surface area contributed by atoms with Crippen LogP contribution in [-0.2, 0) is 14.2 Å². The van der Waals surface area contributed by atoms with Gasteiger partial charge in [-0.05, 0) is 0 Å². The molecular weight excluding hydrogens is 443 g/mol. The Morgan fingerprint density at radius 2 is 1.30 bits per heavy atom. The zero-order chi connectivity index (χ0) is 20.0. The number of rotatable bonds is 13. The molecule has 3 nitrogen and oxygen atoms in total. The summed E-state index contributed by atoms with van der Waals surface area (Å²) in [5.41, 5.74) is 0.143. The molecule has 160 valence electrons. The van der Waals surface area contributed by atoms with Gasteiger partial charge in [0.2, 0.25) is 0 Å². The fraction of sp³-hybridized carbons (Fsp3) is 1.00. The summed E-state index contributed by atoms with van der Waals surface area (Å²) in [5, 5.41) is 0. The van der Waals surface area contributed by atoms with Crippen molar-refractivity contribution in [1.82, 2.24) is 0 Å². The molecule has 0 bridgehead atoms. The molecule has 0 N–H and O–H groups in total. The summed E-state index contributed by atoms with van der Waals surface area (Å²) in [6.45, 7) is 15.2. The van der Waals surface area contributed by atoms with Crippen LogP contribution in [0.3, 0.4) is 0 Å². The first-order valence-electron chi connectivity index (χ1n) is 11.7. The van der Waals surface area contributed by atoms with Gasteiger partial charge in [0.25, 0.3) is 0 Å². The van der Waals surface area contributed by atoms with Crippen LogP contribution >= 0.6 is 0 Å². The predicted molar refractivity (Wildman–Crippen MR) is 117 cm³/mol. The van der Waals surface area contributed by atoms with Crippen LogP contribution in [0.2, 0.25) is 13.3 Å². The van der Waals surface area contributed by atoms with Gasteiger partial charge < -0.3 is 0 Å². The average Bonchev–Trinajstić information content (AvgIpc) is 3.43. The SMILES string of the molecule is CCC[CH2][Sn]([CH2]CCC)([CH2]CCC)[C@H]1O[C@@H]1CCC1(C)OCC(C)(C)CO1. The van der Waals surface area contributed by atoms with E-state index < -0.39 is 24.2 Å². The second-order valence-corrected chi connectivity index (χ2v) is 23.9. The summed E-state index contributed by atoms with van der Waals surface area (Å²) in [6.07, 6.45) is 10.9. The Morgan fingerprint density at radius 3 is 1.74 bits per heavy atom. The molecule has 4 heteroatoms. The molecule has 0 saturated carbocycles. The van der Waals surface area contributed by atoms with Gasteiger partial charge in [-0.25, -0.2) is 0 Å². The fourth-order valence-corrected chi connectivity index (χ4v) is 22.3. The second kappa shape index (κ2) is 10.6. The third-order valence-corrected chi connectivity index (χ3v) is 23.1. The van der Waals surface area contributed by atoms with Crippen molar-refractivity contribution >= 4 is 18.4 Å². The van der Waals surface area contributed by atoms with Crippen LogP contribution < -0.4 is 0 Å². The van der Waals surface area contributed by atoms with Crippen LogP contribution in [0.1, 0.15) is 92.9 Å². The van der Waals surface area contributed by atoms with E-state index in [1.54, 1.807) is 13.3 Å². The zero-order valence-corrected chi connectivity index (χ0v) is 21.9. The molecule has 2 atom stereocenters. The monoisotopic (exact) mass is 490 g/mol. The third kappa shape index (κ3) is 7.15. The molecule has 27 heavy (non-hydrogen) atoms. The molecule has 2 saturated heterocycles. The molecule has 2 aliphatic rings. The molecule has 0 radical (unpaired) electrons. The van der Waals surface area contributed by atoms with Gasteiger partial charge in [-0.15, -0.1) is 0 Å². The summed E-state index contributed by atoms with van der Waals surface area (Å²) < 4.78 is 24.0. The zero-order valence-electron chi connectivity index (χ0n) is 19.1. The van der Waals surface area contributed by atoms with Crippen LogP contribution in [0, 0.1) is 5.41 Å². The van der Waals surface area contributed by atoms with Crippen molar-refractivity contribution in [2.24, 2.45) is 5.41 Å². The summed E-state index contributed by atoms with van der Waals surface area (Å²) in [4.78, 5) is 0. The Hall–Kier alpha value is 0.679. The Kier molecular flexibility index (Phi) is 9.43. The number of unbranched alkanes of at least 4 members (excludes halogenated alkanes) is 3. The Morgan fingerprint density at radius 1 is 0.815 bits per heavy atom. The van der Waals surface area contributed by atoms with Gasteiger partial charge >= 0.3 is 173 Å². The second-order valence-electron chi connectivity index (χ2n) is 10.2. The van der Waals surface area contributed by atoms with Crippen molar-refractivity contribution in [1.29, 1.82) is 0 Å². The van der Waals surface area contributed by atoms with Crippen molar-refractivity contribution in [3.05, 3.63) is 0 Å². The topological polar surface area (TPSA) is 31.0 Å². The van der Waals surface area contributed by atoms with Crippen LogP contribution in [0.4, 0.5) is 0 Å². The van der Waals surface area contributed by atoms with Gasteiger partial charge in [0.15, 0.2) is 0 Å². The minimum atomic E-state index is -2.21. The van der Waals surface area contributed by atoms with Gasteiger partial charge in [-0.3, -0.25) is 0 Å². The number of epoxide rings is 1. The predicted octanol–water partition coefficient (Wildman–Crippen LogP) is 6.71. The van der Waals surface area contributed by atoms with Crippen molar-refractivity contribution < 1.29 is 14.2 Å². The minimum absolute atomic E-state index is 0.143. The van der Waals surface area contributed by atoms with Crippen LogP contribution in [0.5, 0.6) is 0 Å².